The largest absolute Gasteiger partial charge is 0.456 e. The van der Waals surface area contributed by atoms with Crippen molar-refractivity contribution in [1.29, 1.82) is 0 Å². The van der Waals surface area contributed by atoms with Gasteiger partial charge < -0.3 is 9.15 Å². The molecule has 4 rings (SSSR count). The average molecular weight is 302 g/mol. The van der Waals surface area contributed by atoms with Crippen molar-refractivity contribution in [3.63, 3.8) is 0 Å². The number of benzene rings is 3. The van der Waals surface area contributed by atoms with Crippen LogP contribution in [0, 0.1) is 6.92 Å². The standard InChI is InChI=1S/C20H14O3/c1-13-6-8-14(9-7-13)20(21)22-15-10-11-19-17(12-15)16-4-2-3-5-18(16)23-19/h2-12H,1H3. The first kappa shape index (κ1) is 13.6. The Hall–Kier alpha value is -3.07. The van der Waals surface area contributed by atoms with Gasteiger partial charge in [-0.1, -0.05) is 35.9 Å². The van der Waals surface area contributed by atoms with Crippen molar-refractivity contribution >= 4 is 27.9 Å². The Morgan fingerprint density at radius 1 is 0.870 bits per heavy atom. The molecular formula is C20H14O3. The Morgan fingerprint density at radius 2 is 1.61 bits per heavy atom. The smallest absolute Gasteiger partial charge is 0.343 e. The fraction of sp³-hybridized carbons (Fsp3) is 0.0500. The van der Waals surface area contributed by atoms with Crippen LogP contribution >= 0.6 is 0 Å². The van der Waals surface area contributed by atoms with E-state index in [1.54, 1.807) is 18.2 Å². The molecular weight excluding hydrogens is 288 g/mol. The lowest BCUT2D eigenvalue weighted by atomic mass is 10.1. The molecule has 0 saturated heterocycles. The van der Waals surface area contributed by atoms with Gasteiger partial charge in [-0.05, 0) is 43.3 Å². The number of carbonyl (C=O) groups is 1. The molecule has 3 nitrogen and oxygen atoms in total. The number of ether oxygens (including phenoxy) is 1. The van der Waals surface area contributed by atoms with E-state index < -0.39 is 0 Å². The molecule has 112 valence electrons. The summed E-state index contributed by atoms with van der Waals surface area (Å²) in [5.74, 6) is 0.145. The van der Waals surface area contributed by atoms with Crippen LogP contribution in [0.15, 0.2) is 71.1 Å². The van der Waals surface area contributed by atoms with Crippen LogP contribution in [0.2, 0.25) is 0 Å². The third kappa shape index (κ3) is 2.46. The molecule has 0 radical (unpaired) electrons. The molecule has 0 aliphatic rings. The third-order valence-corrected chi connectivity index (χ3v) is 3.85. The summed E-state index contributed by atoms with van der Waals surface area (Å²) in [5.41, 5.74) is 3.24. The Bertz CT molecular complexity index is 1010. The normalized spacial score (nSPS) is 11.0. The molecule has 0 unspecified atom stereocenters. The van der Waals surface area contributed by atoms with Crippen LogP contribution in [-0.2, 0) is 0 Å². The van der Waals surface area contributed by atoms with Crippen LogP contribution < -0.4 is 4.74 Å². The summed E-state index contributed by atoms with van der Waals surface area (Å²) in [5, 5.41) is 1.95. The van der Waals surface area contributed by atoms with Gasteiger partial charge in [0.2, 0.25) is 0 Å². The maximum atomic E-state index is 12.2. The Kier molecular flexibility index (Phi) is 3.12. The van der Waals surface area contributed by atoms with Crippen LogP contribution in [0.25, 0.3) is 21.9 Å². The molecule has 0 bridgehead atoms. The molecule has 0 N–H and O–H groups in total. The molecule has 1 aromatic heterocycles. The van der Waals surface area contributed by atoms with E-state index in [1.807, 2.05) is 55.5 Å². The molecule has 0 saturated carbocycles. The minimum absolute atomic E-state index is 0.364. The van der Waals surface area contributed by atoms with Crippen molar-refractivity contribution in [2.45, 2.75) is 6.92 Å². The highest BCUT2D eigenvalue weighted by Gasteiger charge is 2.11. The van der Waals surface area contributed by atoms with Crippen LogP contribution in [0.4, 0.5) is 0 Å². The number of aryl methyl sites for hydroxylation is 1. The monoisotopic (exact) mass is 302 g/mol. The van der Waals surface area contributed by atoms with Gasteiger partial charge in [0, 0.05) is 10.8 Å². The van der Waals surface area contributed by atoms with Gasteiger partial charge in [0.1, 0.15) is 16.9 Å². The number of hydrogen-bond donors (Lipinski definition) is 0. The average Bonchev–Trinajstić information content (AvgIpc) is 2.93. The first-order valence-corrected chi connectivity index (χ1v) is 7.41. The number of rotatable bonds is 2. The van der Waals surface area contributed by atoms with Crippen LogP contribution in [0.5, 0.6) is 5.75 Å². The lowest BCUT2D eigenvalue weighted by molar-refractivity contribution is 0.0735. The van der Waals surface area contributed by atoms with Crippen molar-refractivity contribution in [2.24, 2.45) is 0 Å². The fourth-order valence-corrected chi connectivity index (χ4v) is 2.62. The summed E-state index contributed by atoms with van der Waals surface area (Å²) in [4.78, 5) is 12.2. The predicted molar refractivity (Wildman–Crippen MR) is 89.9 cm³/mol. The van der Waals surface area contributed by atoms with Crippen molar-refractivity contribution < 1.29 is 13.9 Å². The molecule has 23 heavy (non-hydrogen) atoms. The second-order valence-electron chi connectivity index (χ2n) is 5.51. The maximum absolute atomic E-state index is 12.2. The SMILES string of the molecule is Cc1ccc(C(=O)Oc2ccc3oc4ccccc4c3c2)cc1. The Labute approximate surface area is 133 Å². The minimum Gasteiger partial charge on any atom is -0.456 e. The number of para-hydroxylation sites is 1. The van der Waals surface area contributed by atoms with Gasteiger partial charge in [-0.3, -0.25) is 0 Å². The van der Waals surface area contributed by atoms with E-state index in [1.165, 1.54) is 0 Å². The molecule has 3 heteroatoms. The van der Waals surface area contributed by atoms with Crippen molar-refractivity contribution in [3.05, 3.63) is 77.9 Å². The van der Waals surface area contributed by atoms with Crippen molar-refractivity contribution in [1.82, 2.24) is 0 Å². The second-order valence-corrected chi connectivity index (χ2v) is 5.51. The van der Waals surface area contributed by atoms with Crippen LogP contribution in [0.3, 0.4) is 0 Å². The van der Waals surface area contributed by atoms with Gasteiger partial charge in [0.15, 0.2) is 0 Å². The number of fused-ring (bicyclic) bond motifs is 3. The van der Waals surface area contributed by atoms with Gasteiger partial charge in [0.05, 0.1) is 5.56 Å². The summed E-state index contributed by atoms with van der Waals surface area (Å²) in [6.45, 7) is 1.98. The van der Waals surface area contributed by atoms with Crippen LogP contribution in [-0.4, -0.2) is 5.97 Å². The van der Waals surface area contributed by atoms with E-state index in [0.29, 0.717) is 11.3 Å². The van der Waals surface area contributed by atoms with Crippen LogP contribution in [0.1, 0.15) is 15.9 Å². The van der Waals surface area contributed by atoms with E-state index in [0.717, 1.165) is 27.5 Å². The van der Waals surface area contributed by atoms with E-state index in [-0.39, 0.29) is 5.97 Å². The molecule has 0 spiro atoms. The molecule has 0 fully saturated rings. The van der Waals surface area contributed by atoms with Gasteiger partial charge in [0.25, 0.3) is 0 Å². The maximum Gasteiger partial charge on any atom is 0.343 e. The quantitative estimate of drug-likeness (QED) is 0.381. The van der Waals surface area contributed by atoms with E-state index in [4.69, 9.17) is 9.15 Å². The molecule has 4 aromatic rings. The minimum atomic E-state index is -0.364. The van der Waals surface area contributed by atoms with Crippen molar-refractivity contribution in [3.8, 4) is 5.75 Å². The lowest BCUT2D eigenvalue weighted by Gasteiger charge is -2.04. The molecule has 0 atom stereocenters. The Balaban J connectivity index is 1.70. The number of furan rings is 1. The van der Waals surface area contributed by atoms with E-state index in [9.17, 15) is 4.79 Å². The zero-order valence-electron chi connectivity index (χ0n) is 12.6. The third-order valence-electron chi connectivity index (χ3n) is 3.85. The molecule has 3 aromatic carbocycles. The van der Waals surface area contributed by atoms with E-state index >= 15 is 0 Å². The van der Waals surface area contributed by atoms with Gasteiger partial charge in [-0.25, -0.2) is 4.79 Å². The highest BCUT2D eigenvalue weighted by atomic mass is 16.5. The predicted octanol–water partition coefficient (Wildman–Crippen LogP) is 5.11. The highest BCUT2D eigenvalue weighted by Crippen LogP contribution is 2.31. The van der Waals surface area contributed by atoms with Gasteiger partial charge in [-0.15, -0.1) is 0 Å². The number of hydrogen-bond acceptors (Lipinski definition) is 3. The molecule has 0 amide bonds. The topological polar surface area (TPSA) is 39.4 Å². The first-order chi connectivity index (χ1) is 11.2. The molecule has 0 aliphatic heterocycles. The van der Waals surface area contributed by atoms with Gasteiger partial charge in [-0.2, -0.15) is 0 Å². The molecule has 0 aliphatic carbocycles. The zero-order valence-corrected chi connectivity index (χ0v) is 12.6. The van der Waals surface area contributed by atoms with Crippen molar-refractivity contribution in [2.75, 3.05) is 0 Å². The second kappa shape index (κ2) is 5.29. The summed E-state index contributed by atoms with van der Waals surface area (Å²) in [6.07, 6.45) is 0. The summed E-state index contributed by atoms with van der Waals surface area (Å²) in [6, 6.07) is 20.5. The number of carbonyl (C=O) groups excluding carboxylic acids is 1. The highest BCUT2D eigenvalue weighted by molar-refractivity contribution is 6.05. The lowest BCUT2D eigenvalue weighted by Crippen LogP contribution is -2.08. The number of esters is 1. The van der Waals surface area contributed by atoms with Gasteiger partial charge >= 0.3 is 5.97 Å². The summed E-state index contributed by atoms with van der Waals surface area (Å²) < 4.78 is 11.3. The fourth-order valence-electron chi connectivity index (χ4n) is 2.62. The zero-order chi connectivity index (χ0) is 15.8. The van der Waals surface area contributed by atoms with E-state index in [2.05, 4.69) is 0 Å². The Morgan fingerprint density at radius 3 is 2.43 bits per heavy atom. The summed E-state index contributed by atoms with van der Waals surface area (Å²) in [7, 11) is 0. The summed E-state index contributed by atoms with van der Waals surface area (Å²) >= 11 is 0. The first-order valence-electron chi connectivity index (χ1n) is 7.41. The molecule has 1 heterocycles.